The zero-order valence-electron chi connectivity index (χ0n) is 35.4. The summed E-state index contributed by atoms with van der Waals surface area (Å²) in [5.74, 6) is 0. The third-order valence-electron chi connectivity index (χ3n) is 9.71. The molecule has 0 atom stereocenters. The first kappa shape index (κ1) is 47.0. The highest BCUT2D eigenvalue weighted by Gasteiger charge is 2.30. The highest BCUT2D eigenvalue weighted by atomic mass is 16.6. The minimum Gasteiger partial charge on any atom is -0.619 e. The van der Waals surface area contributed by atoms with Crippen LogP contribution in [0.1, 0.15) is 194 Å². The van der Waals surface area contributed by atoms with E-state index in [0.29, 0.717) is 6.54 Å². The Morgan fingerprint density at radius 3 is 1.33 bits per heavy atom. The second-order valence-electron chi connectivity index (χ2n) is 17.4. The molecule has 0 aliphatic rings. The average Bonchev–Trinajstić information content (AvgIpc) is 3.09. The van der Waals surface area contributed by atoms with E-state index >= 15 is 0 Å². The zero-order chi connectivity index (χ0) is 39.5. The van der Waals surface area contributed by atoms with E-state index < -0.39 is 23.4 Å². The van der Waals surface area contributed by atoms with E-state index in [1.807, 2.05) is 6.07 Å². The number of unbranched alkanes of at least 4 members (excludes halogenated alkanes) is 20. The molecule has 0 saturated heterocycles. The van der Waals surface area contributed by atoms with Crippen molar-refractivity contribution in [3.05, 3.63) is 65.4 Å². The Bertz CT molecular complexity index is 1260. The Balaban J connectivity index is 1.40. The van der Waals surface area contributed by atoms with Crippen LogP contribution in [0, 0.1) is 5.21 Å². The normalized spacial score (nSPS) is 11.8. The van der Waals surface area contributed by atoms with Gasteiger partial charge in [-0.25, -0.2) is 19.1 Å². The molecule has 0 fully saturated rings. The summed E-state index contributed by atoms with van der Waals surface area (Å²) in [5, 5.41) is 11.3. The van der Waals surface area contributed by atoms with Crippen LogP contribution in [0.15, 0.2) is 49.1 Å². The third kappa shape index (κ3) is 25.0. The predicted octanol–water partition coefficient (Wildman–Crippen LogP) is 12.1. The summed E-state index contributed by atoms with van der Waals surface area (Å²) in [7, 11) is 0. The lowest BCUT2D eigenvalue weighted by Crippen LogP contribution is -2.44. The van der Waals surface area contributed by atoms with Crippen molar-refractivity contribution in [2.45, 2.75) is 213 Å². The standard InChI is InChI=1S/C46H78N3O5/c1-45(2,3)53-43(50)49(44(51)54-46(4,5)6)38-28-24-20-16-12-8-10-13-17-21-25-31-41-33-29-36-47(39-41)35-27-23-19-15-11-7-9-14-18-22-26-32-42-34-30-37-48(52)40-42/h29-30,33-34,36-37,39-40H,7-28,31-32,35,38H2,1-6H3/q+1. The molecule has 0 N–H and O–H groups in total. The lowest BCUT2D eigenvalue weighted by atomic mass is 10.0. The lowest BCUT2D eigenvalue weighted by molar-refractivity contribution is -0.697. The van der Waals surface area contributed by atoms with Gasteiger partial charge in [0.2, 0.25) is 0 Å². The van der Waals surface area contributed by atoms with Crippen molar-refractivity contribution >= 4 is 12.2 Å². The van der Waals surface area contributed by atoms with Crippen LogP contribution in [0.4, 0.5) is 9.59 Å². The van der Waals surface area contributed by atoms with Gasteiger partial charge in [0.1, 0.15) is 17.7 Å². The van der Waals surface area contributed by atoms with Crippen LogP contribution >= 0.6 is 0 Å². The summed E-state index contributed by atoms with van der Waals surface area (Å²) < 4.78 is 14.2. The van der Waals surface area contributed by atoms with Crippen LogP contribution in [0.25, 0.3) is 0 Å². The number of hydrogen-bond donors (Lipinski definition) is 0. The number of aryl methyl sites for hydroxylation is 3. The molecule has 2 amide bonds. The first-order chi connectivity index (χ1) is 25.8. The quantitative estimate of drug-likeness (QED) is 0.0491. The maximum atomic E-state index is 12.6. The number of amides is 2. The van der Waals surface area contributed by atoms with Crippen LogP contribution in [-0.4, -0.2) is 34.8 Å². The highest BCUT2D eigenvalue weighted by Crippen LogP contribution is 2.18. The SMILES string of the molecule is CC(C)(C)OC(=O)N(CCCCCCCCCCCCCc1ccc[n+](CCCCCCCCCCCCCc2ccc[n+]([O-])c2)c1)C(=O)OC(C)(C)C. The molecule has 2 rings (SSSR count). The number of pyridine rings is 2. The highest BCUT2D eigenvalue weighted by molar-refractivity contribution is 5.88. The summed E-state index contributed by atoms with van der Waals surface area (Å²) in [4.78, 5) is 26.4. The van der Waals surface area contributed by atoms with Gasteiger partial charge in [0, 0.05) is 36.2 Å². The maximum absolute atomic E-state index is 12.6. The molecule has 0 radical (unpaired) electrons. The van der Waals surface area contributed by atoms with Crippen molar-refractivity contribution in [2.24, 2.45) is 0 Å². The van der Waals surface area contributed by atoms with E-state index in [1.54, 1.807) is 53.9 Å². The molecule has 2 aromatic rings. The van der Waals surface area contributed by atoms with Gasteiger partial charge >= 0.3 is 12.2 Å². The van der Waals surface area contributed by atoms with Crippen LogP contribution in [0.3, 0.4) is 0 Å². The Hall–Kier alpha value is -3.16. The molecule has 0 aromatic carbocycles. The molecule has 0 saturated carbocycles. The molecular weight excluding hydrogens is 675 g/mol. The Morgan fingerprint density at radius 1 is 0.537 bits per heavy atom. The van der Waals surface area contributed by atoms with Gasteiger partial charge in [-0.05, 0) is 92.2 Å². The number of carbonyl (C=O) groups is 2. The van der Waals surface area contributed by atoms with Crippen LogP contribution in [-0.2, 0) is 28.9 Å². The van der Waals surface area contributed by atoms with Crippen molar-refractivity contribution < 1.29 is 28.4 Å². The average molecular weight is 753 g/mol. The molecule has 8 heteroatoms. The Kier molecular flexibility index (Phi) is 23.9. The van der Waals surface area contributed by atoms with Gasteiger partial charge in [0.25, 0.3) is 0 Å². The van der Waals surface area contributed by atoms with Crippen LogP contribution < -0.4 is 9.30 Å². The molecule has 0 spiro atoms. The second kappa shape index (κ2) is 27.4. The number of carbonyl (C=O) groups excluding carboxylic acids is 2. The van der Waals surface area contributed by atoms with E-state index in [4.69, 9.17) is 9.47 Å². The van der Waals surface area contributed by atoms with Crippen molar-refractivity contribution in [1.82, 2.24) is 4.90 Å². The molecule has 2 aromatic heterocycles. The van der Waals surface area contributed by atoms with Crippen molar-refractivity contribution in [3.8, 4) is 0 Å². The van der Waals surface area contributed by atoms with Gasteiger partial charge in [0.15, 0.2) is 24.8 Å². The predicted molar refractivity (Wildman–Crippen MR) is 220 cm³/mol. The summed E-state index contributed by atoms with van der Waals surface area (Å²) in [5.41, 5.74) is 1.29. The van der Waals surface area contributed by atoms with Gasteiger partial charge in [0.05, 0.1) is 0 Å². The number of aromatic nitrogens is 2. The number of hydrogen-bond acceptors (Lipinski definition) is 5. The third-order valence-corrected chi connectivity index (χ3v) is 9.71. The fourth-order valence-corrected chi connectivity index (χ4v) is 6.81. The van der Waals surface area contributed by atoms with Crippen LogP contribution in [0.5, 0.6) is 0 Å². The summed E-state index contributed by atoms with van der Waals surface area (Å²) in [6, 6.07) is 8.40. The monoisotopic (exact) mass is 753 g/mol. The molecule has 0 bridgehead atoms. The van der Waals surface area contributed by atoms with Gasteiger partial charge in [-0.3, -0.25) is 0 Å². The molecule has 54 heavy (non-hydrogen) atoms. The van der Waals surface area contributed by atoms with E-state index in [-0.39, 0.29) is 0 Å². The van der Waals surface area contributed by atoms with Crippen molar-refractivity contribution in [1.29, 1.82) is 0 Å². The van der Waals surface area contributed by atoms with E-state index in [9.17, 15) is 14.8 Å². The lowest BCUT2D eigenvalue weighted by Gasteiger charge is -2.28. The molecule has 8 nitrogen and oxygen atoms in total. The second-order valence-corrected chi connectivity index (χ2v) is 17.4. The van der Waals surface area contributed by atoms with Gasteiger partial charge < -0.3 is 14.7 Å². The molecular formula is C46H78N3O5+. The van der Waals surface area contributed by atoms with Crippen molar-refractivity contribution in [3.63, 3.8) is 0 Å². The summed E-state index contributed by atoms with van der Waals surface area (Å²) >= 11 is 0. The van der Waals surface area contributed by atoms with E-state index in [2.05, 4.69) is 35.2 Å². The van der Waals surface area contributed by atoms with Gasteiger partial charge in [-0.15, -0.1) is 0 Å². The van der Waals surface area contributed by atoms with Crippen molar-refractivity contribution in [2.75, 3.05) is 6.54 Å². The first-order valence-corrected chi connectivity index (χ1v) is 21.7. The van der Waals surface area contributed by atoms with E-state index in [1.165, 1.54) is 134 Å². The minimum absolute atomic E-state index is 0.318. The Morgan fingerprint density at radius 2 is 0.907 bits per heavy atom. The number of rotatable bonds is 28. The summed E-state index contributed by atoms with van der Waals surface area (Å²) in [6.07, 6.45) is 36.3. The largest absolute Gasteiger partial charge is 0.619 e. The molecule has 0 aliphatic heterocycles. The number of ether oxygens (including phenoxy) is 2. The first-order valence-electron chi connectivity index (χ1n) is 21.7. The number of nitrogens with zero attached hydrogens (tertiary/aromatic N) is 3. The van der Waals surface area contributed by atoms with Gasteiger partial charge in [-0.1, -0.05) is 109 Å². The maximum Gasteiger partial charge on any atom is 0.419 e. The van der Waals surface area contributed by atoms with Crippen LogP contribution in [0.2, 0.25) is 0 Å². The zero-order valence-corrected chi connectivity index (χ0v) is 35.4. The smallest absolute Gasteiger partial charge is 0.419 e. The molecule has 0 unspecified atom stereocenters. The summed E-state index contributed by atoms with van der Waals surface area (Å²) in [6.45, 7) is 12.2. The molecule has 2 heterocycles. The Labute approximate surface area is 330 Å². The minimum atomic E-state index is -0.666. The molecule has 0 aliphatic carbocycles. The number of imide groups is 1. The van der Waals surface area contributed by atoms with E-state index in [0.717, 1.165) is 47.4 Å². The van der Waals surface area contributed by atoms with Gasteiger partial charge in [-0.2, -0.15) is 4.73 Å². The fraction of sp³-hybridized carbons (Fsp3) is 0.739. The molecule has 306 valence electrons. The topological polar surface area (TPSA) is 86.7 Å². The fourth-order valence-electron chi connectivity index (χ4n) is 6.81.